The number of para-hydroxylation sites is 1. The second-order valence-electron chi connectivity index (χ2n) is 8.47. The highest BCUT2D eigenvalue weighted by atomic mass is 79.9. The minimum Gasteiger partial charge on any atom is -0.497 e. The van der Waals surface area contributed by atoms with Crippen molar-refractivity contribution in [3.8, 4) is 17.1 Å². The lowest BCUT2D eigenvalue weighted by molar-refractivity contribution is -0.133. The summed E-state index contributed by atoms with van der Waals surface area (Å²) in [4.78, 5) is 26.9. The van der Waals surface area contributed by atoms with E-state index in [4.69, 9.17) is 19.8 Å². The normalized spacial score (nSPS) is 15.6. The van der Waals surface area contributed by atoms with E-state index in [1.807, 2.05) is 54.3 Å². The van der Waals surface area contributed by atoms with Gasteiger partial charge in [-0.2, -0.15) is 4.52 Å². The molecule has 2 aromatic heterocycles. The first-order chi connectivity index (χ1) is 16.4. The quantitative estimate of drug-likeness (QED) is 0.429. The van der Waals surface area contributed by atoms with Gasteiger partial charge < -0.3 is 19.9 Å². The Labute approximate surface area is 205 Å². The predicted octanol–water partition coefficient (Wildman–Crippen LogP) is 3.29. The molecule has 0 bridgehead atoms. The maximum Gasteiger partial charge on any atom is 0.244 e. The van der Waals surface area contributed by atoms with Crippen LogP contribution in [0.5, 0.6) is 5.75 Å². The van der Waals surface area contributed by atoms with E-state index in [9.17, 15) is 4.79 Å². The maximum atomic E-state index is 13.1. The molecule has 1 N–H and O–H groups in total. The fourth-order valence-electron chi connectivity index (χ4n) is 4.11. The van der Waals surface area contributed by atoms with Gasteiger partial charge in [0.05, 0.1) is 12.6 Å². The molecule has 1 atom stereocenters. The summed E-state index contributed by atoms with van der Waals surface area (Å²) in [6, 6.07) is 13.0. The van der Waals surface area contributed by atoms with Gasteiger partial charge in [0.25, 0.3) is 0 Å². The van der Waals surface area contributed by atoms with Gasteiger partial charge in [-0.15, -0.1) is 5.10 Å². The van der Waals surface area contributed by atoms with Gasteiger partial charge in [0.1, 0.15) is 11.8 Å². The molecule has 3 heterocycles. The molecule has 1 aliphatic heterocycles. The molecule has 0 spiro atoms. The highest BCUT2D eigenvalue weighted by molar-refractivity contribution is 9.10. The lowest BCUT2D eigenvalue weighted by Crippen LogP contribution is -2.51. The number of rotatable bonds is 5. The molecule has 4 aromatic rings. The standard InChI is InChI=1S/C24H26BrN7O2/c1-15(23(33)31-13-11-30(2)12-14-31)26-24-27-20-18(5-4-6-19(20)25)22-28-21(29-32(22)24)16-7-9-17(34-3)10-8-16/h4-10,15H,11-14H2,1-3H3,(H,26,27)/t15-/m1/s1. The molecule has 0 aliphatic carbocycles. The van der Waals surface area contributed by atoms with E-state index in [1.54, 1.807) is 11.6 Å². The molecule has 1 amide bonds. The molecule has 34 heavy (non-hydrogen) atoms. The predicted molar refractivity (Wildman–Crippen MR) is 135 cm³/mol. The number of benzene rings is 2. The topological polar surface area (TPSA) is 87.9 Å². The van der Waals surface area contributed by atoms with E-state index in [-0.39, 0.29) is 5.91 Å². The number of hydrogen-bond acceptors (Lipinski definition) is 7. The van der Waals surface area contributed by atoms with Gasteiger partial charge in [0.2, 0.25) is 11.9 Å². The number of piperazine rings is 1. The highest BCUT2D eigenvalue weighted by Crippen LogP contribution is 2.29. The third-order valence-corrected chi connectivity index (χ3v) is 6.77. The van der Waals surface area contributed by atoms with Crippen molar-refractivity contribution in [3.63, 3.8) is 0 Å². The number of nitrogens with zero attached hydrogens (tertiary/aromatic N) is 6. The molecular weight excluding hydrogens is 498 g/mol. The first kappa shape index (κ1) is 22.5. The van der Waals surface area contributed by atoms with Gasteiger partial charge in [0.15, 0.2) is 11.5 Å². The van der Waals surface area contributed by atoms with Gasteiger partial charge in [0, 0.05) is 41.6 Å². The summed E-state index contributed by atoms with van der Waals surface area (Å²) in [6.07, 6.45) is 0. The average Bonchev–Trinajstić information content (AvgIpc) is 3.31. The van der Waals surface area contributed by atoms with Crippen LogP contribution in [0.25, 0.3) is 27.9 Å². The van der Waals surface area contributed by atoms with Crippen molar-refractivity contribution in [1.82, 2.24) is 29.4 Å². The second kappa shape index (κ2) is 9.19. The Morgan fingerprint density at radius 2 is 1.82 bits per heavy atom. The average molecular weight is 524 g/mol. The van der Waals surface area contributed by atoms with Crippen LogP contribution in [0, 0.1) is 0 Å². The number of amides is 1. The summed E-state index contributed by atoms with van der Waals surface area (Å²) < 4.78 is 7.80. The van der Waals surface area contributed by atoms with Crippen molar-refractivity contribution in [3.05, 3.63) is 46.9 Å². The number of carbonyl (C=O) groups is 1. The summed E-state index contributed by atoms with van der Waals surface area (Å²) in [5.41, 5.74) is 2.28. The summed E-state index contributed by atoms with van der Waals surface area (Å²) >= 11 is 3.61. The number of nitrogens with one attached hydrogen (secondary N) is 1. The molecule has 1 saturated heterocycles. The van der Waals surface area contributed by atoms with Gasteiger partial charge in [-0.05, 0) is 66.3 Å². The van der Waals surface area contributed by atoms with Crippen LogP contribution in [0.15, 0.2) is 46.9 Å². The molecule has 5 rings (SSSR count). The molecule has 0 saturated carbocycles. The lowest BCUT2D eigenvalue weighted by atomic mass is 10.2. The fourth-order valence-corrected chi connectivity index (χ4v) is 4.56. The Balaban J connectivity index is 1.55. The SMILES string of the molecule is COc1ccc(-c2nc3c4cccc(Br)c4nc(N[C@H](C)C(=O)N4CCN(C)CC4)n3n2)cc1. The van der Waals surface area contributed by atoms with E-state index in [0.29, 0.717) is 17.4 Å². The van der Waals surface area contributed by atoms with Crippen molar-refractivity contribution in [1.29, 1.82) is 0 Å². The van der Waals surface area contributed by atoms with Crippen LogP contribution >= 0.6 is 15.9 Å². The van der Waals surface area contributed by atoms with Crippen LogP contribution in [0.4, 0.5) is 5.95 Å². The Morgan fingerprint density at radius 3 is 2.53 bits per heavy atom. The summed E-state index contributed by atoms with van der Waals surface area (Å²) in [5.74, 6) is 1.85. The number of carbonyl (C=O) groups excluding carboxylic acids is 1. The Morgan fingerprint density at radius 1 is 1.09 bits per heavy atom. The minimum absolute atomic E-state index is 0.0470. The third-order valence-electron chi connectivity index (χ3n) is 6.13. The van der Waals surface area contributed by atoms with Crippen molar-refractivity contribution in [2.75, 3.05) is 45.7 Å². The number of likely N-dealkylation sites (N-methyl/N-ethyl adjacent to an activating group) is 1. The first-order valence-electron chi connectivity index (χ1n) is 11.2. The zero-order chi connectivity index (χ0) is 23.8. The monoisotopic (exact) mass is 523 g/mol. The summed E-state index contributed by atoms with van der Waals surface area (Å²) in [6.45, 7) is 5.05. The van der Waals surface area contributed by atoms with Crippen molar-refractivity contribution < 1.29 is 9.53 Å². The first-order valence-corrected chi connectivity index (χ1v) is 12.0. The molecule has 176 valence electrons. The number of methoxy groups -OCH3 is 1. The Hall–Kier alpha value is -3.24. The van der Waals surface area contributed by atoms with E-state index in [1.165, 1.54) is 0 Å². The van der Waals surface area contributed by atoms with Crippen LogP contribution in [0.1, 0.15) is 6.92 Å². The van der Waals surface area contributed by atoms with Crippen LogP contribution in [0.2, 0.25) is 0 Å². The number of aromatic nitrogens is 4. The van der Waals surface area contributed by atoms with Gasteiger partial charge in [-0.25, -0.2) is 9.97 Å². The summed E-state index contributed by atoms with van der Waals surface area (Å²) in [5, 5.41) is 8.91. The number of halogens is 1. The number of anilines is 1. The van der Waals surface area contributed by atoms with Gasteiger partial charge >= 0.3 is 0 Å². The van der Waals surface area contributed by atoms with Gasteiger partial charge in [-0.3, -0.25) is 4.79 Å². The lowest BCUT2D eigenvalue weighted by Gasteiger charge is -2.34. The molecule has 0 radical (unpaired) electrons. The molecular formula is C24H26BrN7O2. The van der Waals surface area contributed by atoms with Crippen molar-refractivity contribution >= 4 is 44.3 Å². The molecule has 2 aromatic carbocycles. The Bertz CT molecular complexity index is 1350. The van der Waals surface area contributed by atoms with E-state index in [0.717, 1.165) is 52.9 Å². The largest absolute Gasteiger partial charge is 0.497 e. The molecule has 10 heteroatoms. The summed E-state index contributed by atoms with van der Waals surface area (Å²) in [7, 11) is 3.71. The minimum atomic E-state index is -0.465. The van der Waals surface area contributed by atoms with Crippen LogP contribution < -0.4 is 10.1 Å². The smallest absolute Gasteiger partial charge is 0.244 e. The molecule has 1 aliphatic rings. The van der Waals surface area contributed by atoms with Crippen LogP contribution in [0.3, 0.4) is 0 Å². The van der Waals surface area contributed by atoms with E-state index in [2.05, 4.69) is 33.2 Å². The number of fused-ring (bicyclic) bond motifs is 3. The van der Waals surface area contributed by atoms with Gasteiger partial charge in [-0.1, -0.05) is 6.07 Å². The maximum absolute atomic E-state index is 13.1. The Kier molecular flexibility index (Phi) is 6.09. The number of hydrogen-bond donors (Lipinski definition) is 1. The second-order valence-corrected chi connectivity index (χ2v) is 9.32. The zero-order valence-corrected chi connectivity index (χ0v) is 20.9. The van der Waals surface area contributed by atoms with E-state index >= 15 is 0 Å². The highest BCUT2D eigenvalue weighted by Gasteiger charge is 2.25. The number of ether oxygens (including phenoxy) is 1. The zero-order valence-electron chi connectivity index (χ0n) is 19.3. The van der Waals surface area contributed by atoms with Crippen molar-refractivity contribution in [2.24, 2.45) is 0 Å². The fraction of sp³-hybridized carbons (Fsp3) is 0.333. The van der Waals surface area contributed by atoms with Crippen LogP contribution in [-0.2, 0) is 4.79 Å². The van der Waals surface area contributed by atoms with Crippen molar-refractivity contribution in [2.45, 2.75) is 13.0 Å². The van der Waals surface area contributed by atoms with Crippen LogP contribution in [-0.4, -0.2) is 81.7 Å². The molecule has 9 nitrogen and oxygen atoms in total. The molecule has 1 fully saturated rings. The van der Waals surface area contributed by atoms with E-state index < -0.39 is 6.04 Å². The molecule has 0 unspecified atom stereocenters. The third kappa shape index (κ3) is 4.19.